The van der Waals surface area contributed by atoms with Crippen LogP contribution in [0.1, 0.15) is 42.6 Å². The third kappa shape index (κ3) is 4.44. The lowest BCUT2D eigenvalue weighted by Crippen LogP contribution is -2.71. The SMILES string of the molecule is CCN(C)CC(=O)Nc1cc(F)c2c(c1O)C(=O)C1C(=O)[C@]3(O)CC(C(N)=O)C(=O)[C@@H](N(C)C)[C@@H]3C[C@]1(C)C2. The van der Waals surface area contributed by atoms with E-state index in [2.05, 4.69) is 5.32 Å². The fourth-order valence-electron chi connectivity index (χ4n) is 6.75. The van der Waals surface area contributed by atoms with Crippen LogP contribution in [0.25, 0.3) is 0 Å². The molecule has 6 atom stereocenters. The predicted molar refractivity (Wildman–Crippen MR) is 137 cm³/mol. The highest BCUT2D eigenvalue weighted by atomic mass is 19.1. The van der Waals surface area contributed by atoms with Crippen LogP contribution in [0.15, 0.2) is 6.07 Å². The van der Waals surface area contributed by atoms with Crippen molar-refractivity contribution in [3.63, 3.8) is 0 Å². The van der Waals surface area contributed by atoms with Crippen LogP contribution in [0.3, 0.4) is 0 Å². The summed E-state index contributed by atoms with van der Waals surface area (Å²) < 4.78 is 15.4. The zero-order valence-electron chi connectivity index (χ0n) is 22.7. The van der Waals surface area contributed by atoms with Gasteiger partial charge in [-0.1, -0.05) is 13.8 Å². The normalized spacial score (nSPS) is 32.1. The van der Waals surface area contributed by atoms with Gasteiger partial charge in [-0.25, -0.2) is 4.39 Å². The summed E-state index contributed by atoms with van der Waals surface area (Å²) in [4.78, 5) is 68.7. The first-order valence-electron chi connectivity index (χ1n) is 12.9. The van der Waals surface area contributed by atoms with Crippen molar-refractivity contribution in [3.05, 3.63) is 23.0 Å². The molecule has 0 saturated heterocycles. The van der Waals surface area contributed by atoms with Crippen LogP contribution >= 0.6 is 0 Å². The van der Waals surface area contributed by atoms with Crippen LogP contribution in [0.2, 0.25) is 0 Å². The number of fused-ring (bicyclic) bond motifs is 3. The number of hydrogen-bond donors (Lipinski definition) is 4. The van der Waals surface area contributed by atoms with E-state index in [9.17, 15) is 34.2 Å². The Morgan fingerprint density at radius 2 is 1.85 bits per heavy atom. The van der Waals surface area contributed by atoms with Crippen molar-refractivity contribution in [2.75, 3.05) is 39.5 Å². The first-order chi connectivity index (χ1) is 18.1. The van der Waals surface area contributed by atoms with Gasteiger partial charge in [0, 0.05) is 24.0 Å². The number of nitrogens with zero attached hydrogens (tertiary/aromatic N) is 2. The van der Waals surface area contributed by atoms with E-state index < -0.39 is 87.5 Å². The number of carbonyl (C=O) groups excluding carboxylic acids is 5. The van der Waals surface area contributed by atoms with Crippen molar-refractivity contribution in [1.29, 1.82) is 0 Å². The maximum absolute atomic E-state index is 15.4. The molecule has 0 aliphatic heterocycles. The summed E-state index contributed by atoms with van der Waals surface area (Å²) in [6.45, 7) is 4.00. The number of rotatable bonds is 6. The molecule has 0 spiro atoms. The molecule has 0 radical (unpaired) electrons. The first-order valence-corrected chi connectivity index (χ1v) is 12.9. The summed E-state index contributed by atoms with van der Waals surface area (Å²) in [7, 11) is 4.86. The Labute approximate surface area is 225 Å². The van der Waals surface area contributed by atoms with E-state index in [0.29, 0.717) is 6.54 Å². The van der Waals surface area contributed by atoms with Gasteiger partial charge < -0.3 is 21.3 Å². The summed E-state index contributed by atoms with van der Waals surface area (Å²) in [5.41, 5.74) is 1.22. The Morgan fingerprint density at radius 1 is 1.21 bits per heavy atom. The maximum atomic E-state index is 15.4. The van der Waals surface area contributed by atoms with E-state index in [4.69, 9.17) is 5.73 Å². The quantitative estimate of drug-likeness (QED) is 0.286. The van der Waals surface area contributed by atoms with E-state index in [1.54, 1.807) is 33.0 Å². The maximum Gasteiger partial charge on any atom is 0.238 e. The largest absolute Gasteiger partial charge is 0.505 e. The van der Waals surface area contributed by atoms with Crippen LogP contribution < -0.4 is 11.1 Å². The number of Topliss-reactive ketones (excluding diaryl/α,β-unsaturated/α-hetero) is 3. The molecule has 0 heterocycles. The van der Waals surface area contributed by atoms with E-state index >= 15 is 4.39 Å². The lowest BCUT2D eigenvalue weighted by molar-refractivity contribution is -0.182. The van der Waals surface area contributed by atoms with Gasteiger partial charge in [0.2, 0.25) is 11.8 Å². The number of carbonyl (C=O) groups is 5. The van der Waals surface area contributed by atoms with Crippen molar-refractivity contribution >= 4 is 34.9 Å². The average molecular weight is 547 g/mol. The molecule has 11 nitrogen and oxygen atoms in total. The zero-order chi connectivity index (χ0) is 29.2. The van der Waals surface area contributed by atoms with Gasteiger partial charge in [-0.15, -0.1) is 0 Å². The second kappa shape index (κ2) is 9.76. The number of phenolic OH excluding ortho intramolecular Hbond substituents is 1. The number of nitrogens with one attached hydrogen (secondary N) is 1. The molecule has 2 amide bonds. The van der Waals surface area contributed by atoms with Gasteiger partial charge in [-0.2, -0.15) is 0 Å². The monoisotopic (exact) mass is 546 g/mol. The minimum absolute atomic E-state index is 0.00714. The first kappa shape index (κ1) is 28.8. The third-order valence-electron chi connectivity index (χ3n) is 8.79. The van der Waals surface area contributed by atoms with Gasteiger partial charge in [0.05, 0.1) is 29.8 Å². The molecule has 4 rings (SSSR count). The number of benzene rings is 1. The molecule has 2 unspecified atom stereocenters. The Kier molecular flexibility index (Phi) is 7.20. The summed E-state index contributed by atoms with van der Waals surface area (Å²) >= 11 is 0. The number of phenols is 1. The molecular weight excluding hydrogens is 511 g/mol. The standard InChI is InChI=1S/C27H35FN4O7/c1-6-32(5)11-17(33)30-16-7-15(28)12-8-26(2)10-14-20(31(3)4)21(34)13(25(29)38)9-27(14,39)24(37)19(26)23(36)18(12)22(16)35/h7,13-14,19-20,35,39H,6,8-11H2,1-5H3,(H2,29,38)(H,30,33)/t13?,14-,19?,20-,26-,27-/m0/s1. The van der Waals surface area contributed by atoms with Gasteiger partial charge in [-0.05, 0) is 45.9 Å². The van der Waals surface area contributed by atoms with Crippen molar-refractivity contribution in [2.24, 2.45) is 28.9 Å². The zero-order valence-corrected chi connectivity index (χ0v) is 22.7. The highest BCUT2D eigenvalue weighted by Gasteiger charge is 2.67. The average Bonchev–Trinajstić information content (AvgIpc) is 2.82. The number of halogens is 1. The Hall–Kier alpha value is -3.22. The van der Waals surface area contributed by atoms with Crippen molar-refractivity contribution in [3.8, 4) is 5.75 Å². The number of aliphatic hydroxyl groups is 1. The molecule has 2 fully saturated rings. The summed E-state index contributed by atoms with van der Waals surface area (Å²) in [5, 5.41) is 25.2. The fourth-order valence-corrected chi connectivity index (χ4v) is 6.75. The number of anilines is 1. The molecular formula is C27H35FN4O7. The summed E-state index contributed by atoms with van der Waals surface area (Å²) in [5.74, 6) is -9.16. The molecule has 2 saturated carbocycles. The number of amides is 2. The van der Waals surface area contributed by atoms with Crippen LogP contribution in [0.5, 0.6) is 5.75 Å². The molecule has 1 aromatic rings. The topological polar surface area (TPSA) is 170 Å². The second-order valence-electron chi connectivity index (χ2n) is 11.7. The fraction of sp³-hybridized carbons (Fsp3) is 0.593. The van der Waals surface area contributed by atoms with Crippen LogP contribution in [-0.2, 0) is 25.6 Å². The Morgan fingerprint density at radius 3 is 2.41 bits per heavy atom. The molecule has 5 N–H and O–H groups in total. The van der Waals surface area contributed by atoms with Gasteiger partial charge >= 0.3 is 0 Å². The number of hydrogen-bond acceptors (Lipinski definition) is 9. The third-order valence-corrected chi connectivity index (χ3v) is 8.79. The van der Waals surface area contributed by atoms with Gasteiger partial charge in [-0.3, -0.25) is 33.8 Å². The molecule has 0 aromatic heterocycles. The smallest absolute Gasteiger partial charge is 0.238 e. The number of nitrogens with two attached hydrogens (primary N) is 1. The van der Waals surface area contributed by atoms with E-state index in [1.165, 1.54) is 4.90 Å². The lowest BCUT2D eigenvalue weighted by atomic mass is 9.48. The van der Waals surface area contributed by atoms with Crippen LogP contribution in [-0.4, -0.2) is 95.1 Å². The Bertz CT molecular complexity index is 1280. The minimum Gasteiger partial charge on any atom is -0.505 e. The van der Waals surface area contributed by atoms with Gasteiger partial charge in [0.15, 0.2) is 17.3 Å². The van der Waals surface area contributed by atoms with E-state index in [-0.39, 0.29) is 30.6 Å². The summed E-state index contributed by atoms with van der Waals surface area (Å²) in [6, 6.07) is -0.0863. The van der Waals surface area contributed by atoms with Crippen molar-refractivity contribution < 1.29 is 38.6 Å². The number of ketones is 3. The summed E-state index contributed by atoms with van der Waals surface area (Å²) in [6.07, 6.45) is -0.673. The van der Waals surface area contributed by atoms with Crippen molar-refractivity contribution in [1.82, 2.24) is 9.80 Å². The van der Waals surface area contributed by atoms with E-state index in [0.717, 1.165) is 6.07 Å². The molecule has 12 heteroatoms. The van der Waals surface area contributed by atoms with Crippen LogP contribution in [0.4, 0.5) is 10.1 Å². The highest BCUT2D eigenvalue weighted by Crippen LogP contribution is 2.57. The molecule has 212 valence electrons. The number of aromatic hydroxyl groups is 1. The van der Waals surface area contributed by atoms with Gasteiger partial charge in [0.25, 0.3) is 0 Å². The minimum atomic E-state index is -2.22. The molecule has 3 aliphatic rings. The highest BCUT2D eigenvalue weighted by molar-refractivity contribution is 6.18. The molecule has 39 heavy (non-hydrogen) atoms. The van der Waals surface area contributed by atoms with Crippen LogP contribution in [0, 0.1) is 29.0 Å². The molecule has 3 aliphatic carbocycles. The molecule has 1 aromatic carbocycles. The molecule has 0 bridgehead atoms. The Balaban J connectivity index is 1.79. The second-order valence-corrected chi connectivity index (χ2v) is 11.7. The number of primary amides is 1. The number of likely N-dealkylation sites (N-methyl/N-ethyl adjacent to an activating group) is 2. The van der Waals surface area contributed by atoms with Gasteiger partial charge in [0.1, 0.15) is 23.1 Å². The van der Waals surface area contributed by atoms with E-state index in [1.807, 2.05) is 6.92 Å². The predicted octanol–water partition coefficient (Wildman–Crippen LogP) is 0.107. The van der Waals surface area contributed by atoms with Crippen molar-refractivity contribution in [2.45, 2.75) is 44.8 Å². The lowest BCUT2D eigenvalue weighted by Gasteiger charge is -2.57.